The summed E-state index contributed by atoms with van der Waals surface area (Å²) in [4.78, 5) is 31.8. The first-order valence-corrected chi connectivity index (χ1v) is 10.9. The number of benzene rings is 2. The zero-order chi connectivity index (χ0) is 22.8. The van der Waals surface area contributed by atoms with Gasteiger partial charge in [-0.15, -0.1) is 0 Å². The molecule has 0 bridgehead atoms. The standard InChI is InChI=1S/C23H25ClN4O2S/c1-23(2,3)14-5-7-16(8-6-14)31-27-18-10-9-17(24)19-20(18)22(30)28(21(19)29)13-15(25)11-12-26-4/h5-12,27H,13,25H2,1-4H3. The molecule has 0 saturated carbocycles. The summed E-state index contributed by atoms with van der Waals surface area (Å²) in [5, 5.41) is 0.235. The van der Waals surface area contributed by atoms with Crippen LogP contribution in [0.4, 0.5) is 5.69 Å². The molecular formula is C23H25ClN4O2S. The van der Waals surface area contributed by atoms with Crippen molar-refractivity contribution in [3.8, 4) is 0 Å². The molecule has 0 saturated heterocycles. The van der Waals surface area contributed by atoms with Crippen molar-refractivity contribution in [3.63, 3.8) is 0 Å². The first-order chi connectivity index (χ1) is 14.6. The van der Waals surface area contributed by atoms with Gasteiger partial charge >= 0.3 is 0 Å². The number of hydrogen-bond donors (Lipinski definition) is 2. The average Bonchev–Trinajstić information content (AvgIpc) is 2.97. The third-order valence-electron chi connectivity index (χ3n) is 4.85. The molecule has 3 N–H and O–H groups in total. The summed E-state index contributed by atoms with van der Waals surface area (Å²) < 4.78 is 3.20. The van der Waals surface area contributed by atoms with Crippen LogP contribution in [0.15, 0.2) is 58.1 Å². The summed E-state index contributed by atoms with van der Waals surface area (Å²) in [5.74, 6) is -0.892. The van der Waals surface area contributed by atoms with Gasteiger partial charge in [-0.2, -0.15) is 0 Å². The summed E-state index contributed by atoms with van der Waals surface area (Å²) in [6, 6.07) is 11.5. The number of rotatable bonds is 6. The smallest absolute Gasteiger partial charge is 0.264 e. The van der Waals surface area contributed by atoms with Crippen LogP contribution < -0.4 is 10.5 Å². The summed E-state index contributed by atoms with van der Waals surface area (Å²) in [7, 11) is 1.61. The van der Waals surface area contributed by atoms with Crippen molar-refractivity contribution in [3.05, 3.63) is 69.9 Å². The molecule has 0 atom stereocenters. The molecule has 8 heteroatoms. The third kappa shape index (κ3) is 4.94. The lowest BCUT2D eigenvalue weighted by molar-refractivity contribution is 0.0668. The number of nitrogens with one attached hydrogen (secondary N) is 1. The normalized spacial score (nSPS) is 14.5. The molecule has 0 unspecified atom stereocenters. The Kier molecular flexibility index (Phi) is 6.77. The molecule has 1 aliphatic rings. The Hall–Kier alpha value is -2.77. The fraction of sp³-hybridized carbons (Fsp3) is 0.261. The predicted octanol–water partition coefficient (Wildman–Crippen LogP) is 4.90. The monoisotopic (exact) mass is 456 g/mol. The third-order valence-corrected chi connectivity index (χ3v) is 5.99. The number of aliphatic imine (C=N–C) groups is 1. The van der Waals surface area contributed by atoms with Gasteiger partial charge in [0.1, 0.15) is 0 Å². The quantitative estimate of drug-likeness (QED) is 0.367. The SMILES string of the molecule is CN=CC=C(N)CN1C(=O)c2c(Cl)ccc(NSc3ccc(C(C)(C)C)cc3)c2C1=O. The van der Waals surface area contributed by atoms with E-state index in [0.717, 1.165) is 9.80 Å². The van der Waals surface area contributed by atoms with E-state index in [0.29, 0.717) is 11.4 Å². The van der Waals surface area contributed by atoms with Crippen molar-refractivity contribution in [2.24, 2.45) is 10.7 Å². The Morgan fingerprint density at radius 1 is 1.13 bits per heavy atom. The van der Waals surface area contributed by atoms with Gasteiger partial charge in [0.2, 0.25) is 0 Å². The molecule has 31 heavy (non-hydrogen) atoms. The summed E-state index contributed by atoms with van der Waals surface area (Å²) >= 11 is 7.63. The molecule has 1 aliphatic heterocycles. The lowest BCUT2D eigenvalue weighted by atomic mass is 9.87. The first-order valence-electron chi connectivity index (χ1n) is 9.72. The second-order valence-electron chi connectivity index (χ2n) is 8.17. The van der Waals surface area contributed by atoms with Gasteiger partial charge in [-0.3, -0.25) is 19.5 Å². The molecule has 6 nitrogen and oxygen atoms in total. The molecule has 0 fully saturated rings. The zero-order valence-corrected chi connectivity index (χ0v) is 19.5. The van der Waals surface area contributed by atoms with Crippen molar-refractivity contribution < 1.29 is 9.59 Å². The molecule has 3 rings (SSSR count). The van der Waals surface area contributed by atoms with Crippen molar-refractivity contribution in [2.75, 3.05) is 18.3 Å². The van der Waals surface area contributed by atoms with Gasteiger partial charge in [0.15, 0.2) is 0 Å². The van der Waals surface area contributed by atoms with Crippen LogP contribution in [0, 0.1) is 0 Å². The van der Waals surface area contributed by atoms with Gasteiger partial charge in [-0.05, 0) is 53.3 Å². The lowest BCUT2D eigenvalue weighted by Gasteiger charge is -2.19. The van der Waals surface area contributed by atoms with Crippen LogP contribution in [0.1, 0.15) is 47.1 Å². The van der Waals surface area contributed by atoms with Gasteiger partial charge in [0.05, 0.1) is 28.4 Å². The maximum Gasteiger partial charge on any atom is 0.264 e. The predicted molar refractivity (Wildman–Crippen MR) is 128 cm³/mol. The van der Waals surface area contributed by atoms with E-state index in [-0.39, 0.29) is 28.1 Å². The van der Waals surface area contributed by atoms with Gasteiger partial charge in [-0.1, -0.05) is 44.5 Å². The second kappa shape index (κ2) is 9.16. The molecular weight excluding hydrogens is 432 g/mol. The number of imide groups is 1. The van der Waals surface area contributed by atoms with Crippen LogP contribution in [-0.4, -0.2) is 36.5 Å². The average molecular weight is 457 g/mol. The van der Waals surface area contributed by atoms with E-state index < -0.39 is 11.8 Å². The maximum atomic E-state index is 13.0. The number of hydrogen-bond acceptors (Lipinski definition) is 6. The van der Waals surface area contributed by atoms with E-state index >= 15 is 0 Å². The minimum absolute atomic E-state index is 0.0322. The fourth-order valence-electron chi connectivity index (χ4n) is 3.14. The number of anilines is 1. The Bertz CT molecular complexity index is 1070. The van der Waals surface area contributed by atoms with E-state index in [1.165, 1.54) is 23.7 Å². The van der Waals surface area contributed by atoms with Crippen molar-refractivity contribution in [1.82, 2.24) is 4.90 Å². The second-order valence-corrected chi connectivity index (χ2v) is 9.46. The van der Waals surface area contributed by atoms with Gasteiger partial charge in [0, 0.05) is 23.9 Å². The van der Waals surface area contributed by atoms with Gasteiger partial charge in [-0.25, -0.2) is 0 Å². The highest BCUT2D eigenvalue weighted by atomic mass is 35.5. The molecule has 162 valence electrons. The number of carbonyl (C=O) groups is 2. The van der Waals surface area contributed by atoms with Crippen molar-refractivity contribution in [1.29, 1.82) is 0 Å². The van der Waals surface area contributed by atoms with E-state index in [1.807, 2.05) is 12.1 Å². The van der Waals surface area contributed by atoms with E-state index in [2.05, 4.69) is 42.6 Å². The molecule has 0 aliphatic carbocycles. The Morgan fingerprint density at radius 3 is 2.39 bits per heavy atom. The molecule has 0 spiro atoms. The Morgan fingerprint density at radius 2 is 1.77 bits per heavy atom. The molecule has 1 heterocycles. The molecule has 0 radical (unpaired) electrons. The van der Waals surface area contributed by atoms with E-state index in [4.69, 9.17) is 17.3 Å². The van der Waals surface area contributed by atoms with Crippen LogP contribution in [0.25, 0.3) is 0 Å². The minimum atomic E-state index is -0.460. The molecule has 0 aromatic heterocycles. The van der Waals surface area contributed by atoms with Gasteiger partial charge in [0.25, 0.3) is 11.8 Å². The van der Waals surface area contributed by atoms with Crippen molar-refractivity contribution in [2.45, 2.75) is 31.1 Å². The van der Waals surface area contributed by atoms with Crippen LogP contribution in [-0.2, 0) is 5.41 Å². The maximum absolute atomic E-state index is 13.0. The van der Waals surface area contributed by atoms with Crippen LogP contribution in [0.2, 0.25) is 5.02 Å². The van der Waals surface area contributed by atoms with Crippen LogP contribution in [0.3, 0.4) is 0 Å². The number of nitrogens with two attached hydrogens (primary N) is 1. The first kappa shape index (κ1) is 22.9. The number of allylic oxidation sites excluding steroid dienone is 1. The zero-order valence-electron chi connectivity index (χ0n) is 17.9. The van der Waals surface area contributed by atoms with Crippen LogP contribution in [0.5, 0.6) is 0 Å². The van der Waals surface area contributed by atoms with Gasteiger partial charge < -0.3 is 10.5 Å². The van der Waals surface area contributed by atoms with E-state index in [1.54, 1.807) is 25.3 Å². The largest absolute Gasteiger partial charge is 0.401 e. The van der Waals surface area contributed by atoms with E-state index in [9.17, 15) is 9.59 Å². The highest BCUT2D eigenvalue weighted by Crippen LogP contribution is 2.37. The number of nitrogens with zero attached hydrogens (tertiary/aromatic N) is 2. The van der Waals surface area contributed by atoms with Crippen LogP contribution >= 0.6 is 23.5 Å². The lowest BCUT2D eigenvalue weighted by Crippen LogP contribution is -2.33. The number of fused-ring (bicyclic) bond motifs is 1. The minimum Gasteiger partial charge on any atom is -0.401 e. The number of amides is 2. The highest BCUT2D eigenvalue weighted by Gasteiger charge is 2.39. The topological polar surface area (TPSA) is 87.8 Å². The highest BCUT2D eigenvalue weighted by molar-refractivity contribution is 8.00. The number of halogens is 1. The summed E-state index contributed by atoms with van der Waals surface area (Å²) in [5.41, 5.74) is 8.56. The molecule has 2 aromatic rings. The summed E-state index contributed by atoms with van der Waals surface area (Å²) in [6.07, 6.45) is 3.07. The molecule has 2 amide bonds. The van der Waals surface area contributed by atoms with Crippen molar-refractivity contribution >= 4 is 47.3 Å². The Labute approximate surface area is 191 Å². The Balaban J connectivity index is 1.83. The fourth-order valence-corrected chi connectivity index (χ4v) is 4.05. The number of carbonyl (C=O) groups excluding carboxylic acids is 2. The summed E-state index contributed by atoms with van der Waals surface area (Å²) in [6.45, 7) is 6.46. The molecule has 2 aromatic carbocycles.